The molecule has 24 heavy (non-hydrogen) atoms. The summed E-state index contributed by atoms with van der Waals surface area (Å²) in [7, 11) is 0. The first-order valence-electron chi connectivity index (χ1n) is 8.69. The van der Waals surface area contributed by atoms with Crippen molar-refractivity contribution in [3.05, 3.63) is 30.1 Å². The van der Waals surface area contributed by atoms with Crippen molar-refractivity contribution >= 4 is 11.7 Å². The van der Waals surface area contributed by atoms with Gasteiger partial charge in [0.2, 0.25) is 0 Å². The fourth-order valence-corrected chi connectivity index (χ4v) is 2.53. The molecular formula is C18H25N5O. The predicted octanol–water partition coefficient (Wildman–Crippen LogP) is 3.91. The van der Waals surface area contributed by atoms with Crippen molar-refractivity contribution in [1.82, 2.24) is 20.5 Å². The van der Waals surface area contributed by atoms with Crippen LogP contribution in [0.4, 0.5) is 10.5 Å². The van der Waals surface area contributed by atoms with Crippen LogP contribution in [0.1, 0.15) is 51.3 Å². The Kier molecular flexibility index (Phi) is 5.13. The summed E-state index contributed by atoms with van der Waals surface area (Å²) in [6.45, 7) is 5.07. The summed E-state index contributed by atoms with van der Waals surface area (Å²) in [5.74, 6) is 2.92. The predicted molar refractivity (Wildman–Crippen MR) is 94.9 cm³/mol. The fraction of sp³-hybridized carbons (Fsp3) is 0.500. The van der Waals surface area contributed by atoms with Gasteiger partial charge in [0.15, 0.2) is 5.82 Å². The van der Waals surface area contributed by atoms with Crippen LogP contribution in [0.25, 0.3) is 11.4 Å². The van der Waals surface area contributed by atoms with Crippen molar-refractivity contribution < 1.29 is 4.79 Å². The number of benzene rings is 1. The van der Waals surface area contributed by atoms with Crippen molar-refractivity contribution in [3.8, 4) is 11.4 Å². The Morgan fingerprint density at radius 1 is 1.29 bits per heavy atom. The van der Waals surface area contributed by atoms with Crippen molar-refractivity contribution in [2.24, 2.45) is 5.92 Å². The van der Waals surface area contributed by atoms with Crippen molar-refractivity contribution in [3.63, 3.8) is 0 Å². The highest BCUT2D eigenvalue weighted by Gasteiger charge is 2.27. The van der Waals surface area contributed by atoms with Gasteiger partial charge in [-0.2, -0.15) is 5.10 Å². The molecule has 1 aromatic carbocycles. The molecule has 0 saturated heterocycles. The first kappa shape index (κ1) is 16.5. The van der Waals surface area contributed by atoms with E-state index in [2.05, 4.69) is 39.7 Å². The highest BCUT2D eigenvalue weighted by atomic mass is 16.2. The van der Waals surface area contributed by atoms with Gasteiger partial charge in [-0.1, -0.05) is 13.8 Å². The van der Waals surface area contributed by atoms with Gasteiger partial charge in [0.25, 0.3) is 0 Å². The summed E-state index contributed by atoms with van der Waals surface area (Å²) in [5, 5.41) is 13.0. The SMILES string of the molecule is CC(C)CCCNC(=O)Nc1ccc(-c2n[nH]c(C3CC3)n2)cc1. The van der Waals surface area contributed by atoms with E-state index in [0.29, 0.717) is 24.2 Å². The molecule has 0 atom stereocenters. The average Bonchev–Trinajstić information content (AvgIpc) is 3.30. The highest BCUT2D eigenvalue weighted by Crippen LogP contribution is 2.38. The van der Waals surface area contributed by atoms with E-state index in [4.69, 9.17) is 0 Å². The van der Waals surface area contributed by atoms with Gasteiger partial charge >= 0.3 is 6.03 Å². The molecule has 6 nitrogen and oxygen atoms in total. The van der Waals surface area contributed by atoms with Crippen LogP contribution < -0.4 is 10.6 Å². The second-order valence-corrected chi connectivity index (χ2v) is 6.81. The molecule has 1 aliphatic rings. The molecule has 2 aromatic rings. The number of nitrogens with one attached hydrogen (secondary N) is 3. The van der Waals surface area contributed by atoms with Gasteiger partial charge < -0.3 is 10.6 Å². The van der Waals surface area contributed by atoms with Crippen LogP contribution in [0.5, 0.6) is 0 Å². The summed E-state index contributed by atoms with van der Waals surface area (Å²) < 4.78 is 0. The molecule has 3 rings (SSSR count). The minimum atomic E-state index is -0.166. The monoisotopic (exact) mass is 327 g/mol. The maximum absolute atomic E-state index is 11.8. The zero-order valence-corrected chi connectivity index (χ0v) is 14.3. The number of hydrogen-bond acceptors (Lipinski definition) is 3. The Morgan fingerprint density at radius 2 is 2.04 bits per heavy atom. The van der Waals surface area contributed by atoms with Gasteiger partial charge in [-0.15, -0.1) is 0 Å². The third-order valence-corrected chi connectivity index (χ3v) is 4.11. The minimum absolute atomic E-state index is 0.166. The molecule has 1 aromatic heterocycles. The Balaban J connectivity index is 1.49. The number of aromatic nitrogens is 3. The number of aromatic amines is 1. The van der Waals surface area contributed by atoms with Gasteiger partial charge in [0.05, 0.1) is 0 Å². The molecule has 1 aliphatic carbocycles. The van der Waals surface area contributed by atoms with Crippen LogP contribution in [0.15, 0.2) is 24.3 Å². The lowest BCUT2D eigenvalue weighted by molar-refractivity contribution is 0.251. The number of hydrogen-bond donors (Lipinski definition) is 3. The van der Waals surface area contributed by atoms with Gasteiger partial charge in [-0.05, 0) is 55.9 Å². The average molecular weight is 327 g/mol. The number of nitrogens with zero attached hydrogens (tertiary/aromatic N) is 2. The lowest BCUT2D eigenvalue weighted by atomic mass is 10.1. The van der Waals surface area contributed by atoms with E-state index in [1.54, 1.807) is 0 Å². The Hall–Kier alpha value is -2.37. The summed E-state index contributed by atoms with van der Waals surface area (Å²) in [6.07, 6.45) is 4.51. The van der Waals surface area contributed by atoms with E-state index in [1.807, 2.05) is 24.3 Å². The normalized spacial score (nSPS) is 14.0. The number of amides is 2. The van der Waals surface area contributed by atoms with E-state index in [0.717, 1.165) is 29.9 Å². The zero-order valence-electron chi connectivity index (χ0n) is 14.3. The maximum atomic E-state index is 11.8. The second-order valence-electron chi connectivity index (χ2n) is 6.81. The summed E-state index contributed by atoms with van der Waals surface area (Å²) in [4.78, 5) is 16.4. The standard InChI is InChI=1S/C18H25N5O/c1-12(2)4-3-11-19-18(24)20-15-9-7-14(8-10-15)17-21-16(22-23-17)13-5-6-13/h7-10,12-13H,3-6,11H2,1-2H3,(H2,19,20,24)(H,21,22,23). The first-order chi connectivity index (χ1) is 11.6. The molecule has 0 unspecified atom stereocenters. The third kappa shape index (κ3) is 4.57. The number of carbonyl (C=O) groups is 1. The molecule has 0 aliphatic heterocycles. The molecule has 6 heteroatoms. The van der Waals surface area contributed by atoms with E-state index in [-0.39, 0.29) is 6.03 Å². The van der Waals surface area contributed by atoms with Crippen LogP contribution in [0.3, 0.4) is 0 Å². The van der Waals surface area contributed by atoms with Crippen LogP contribution in [-0.2, 0) is 0 Å². The number of carbonyl (C=O) groups excluding carboxylic acids is 1. The number of H-pyrrole nitrogens is 1. The second kappa shape index (κ2) is 7.47. The Labute approximate surface area is 142 Å². The quantitative estimate of drug-likeness (QED) is 0.674. The molecule has 2 amide bonds. The van der Waals surface area contributed by atoms with Crippen LogP contribution in [0.2, 0.25) is 0 Å². The van der Waals surface area contributed by atoms with E-state index >= 15 is 0 Å². The van der Waals surface area contributed by atoms with E-state index in [1.165, 1.54) is 12.8 Å². The van der Waals surface area contributed by atoms with Crippen LogP contribution >= 0.6 is 0 Å². The minimum Gasteiger partial charge on any atom is -0.338 e. The number of rotatable bonds is 7. The smallest absolute Gasteiger partial charge is 0.319 e. The zero-order chi connectivity index (χ0) is 16.9. The van der Waals surface area contributed by atoms with Crippen molar-refractivity contribution in [2.45, 2.75) is 45.4 Å². The van der Waals surface area contributed by atoms with Crippen molar-refractivity contribution in [1.29, 1.82) is 0 Å². The lowest BCUT2D eigenvalue weighted by Crippen LogP contribution is -2.29. The first-order valence-corrected chi connectivity index (χ1v) is 8.69. The molecule has 0 bridgehead atoms. The summed E-state index contributed by atoms with van der Waals surface area (Å²) in [5.41, 5.74) is 1.71. The molecular weight excluding hydrogens is 302 g/mol. The molecule has 0 spiro atoms. The lowest BCUT2D eigenvalue weighted by Gasteiger charge is -2.09. The topological polar surface area (TPSA) is 82.7 Å². The van der Waals surface area contributed by atoms with E-state index < -0.39 is 0 Å². The fourth-order valence-electron chi connectivity index (χ4n) is 2.53. The van der Waals surface area contributed by atoms with Gasteiger partial charge in [-0.25, -0.2) is 9.78 Å². The molecule has 3 N–H and O–H groups in total. The van der Waals surface area contributed by atoms with Gasteiger partial charge in [0, 0.05) is 23.7 Å². The largest absolute Gasteiger partial charge is 0.338 e. The van der Waals surface area contributed by atoms with Crippen LogP contribution in [-0.4, -0.2) is 27.8 Å². The molecule has 1 saturated carbocycles. The summed E-state index contributed by atoms with van der Waals surface area (Å²) >= 11 is 0. The third-order valence-electron chi connectivity index (χ3n) is 4.11. The number of urea groups is 1. The maximum Gasteiger partial charge on any atom is 0.319 e. The van der Waals surface area contributed by atoms with Crippen LogP contribution in [0, 0.1) is 5.92 Å². The Morgan fingerprint density at radius 3 is 2.71 bits per heavy atom. The molecule has 128 valence electrons. The summed E-state index contributed by atoms with van der Waals surface area (Å²) in [6, 6.07) is 7.43. The number of anilines is 1. The molecule has 1 heterocycles. The van der Waals surface area contributed by atoms with E-state index in [9.17, 15) is 4.79 Å². The highest BCUT2D eigenvalue weighted by molar-refractivity contribution is 5.89. The van der Waals surface area contributed by atoms with Gasteiger partial charge in [0.1, 0.15) is 5.82 Å². The molecule has 0 radical (unpaired) electrons. The van der Waals surface area contributed by atoms with Gasteiger partial charge in [-0.3, -0.25) is 5.10 Å². The Bertz CT molecular complexity index is 673. The van der Waals surface area contributed by atoms with Crippen molar-refractivity contribution in [2.75, 3.05) is 11.9 Å². The molecule has 1 fully saturated rings.